The van der Waals surface area contributed by atoms with Crippen molar-refractivity contribution >= 4 is 50.5 Å². The third-order valence-electron chi connectivity index (χ3n) is 5.36. The van der Waals surface area contributed by atoms with Gasteiger partial charge in [-0.3, -0.25) is 9.69 Å². The number of likely N-dealkylation sites (N-methyl/N-ethyl adjacent to an activating group) is 1. The zero-order valence-electron chi connectivity index (χ0n) is 18.8. The van der Waals surface area contributed by atoms with Crippen LogP contribution < -0.4 is 4.74 Å². The van der Waals surface area contributed by atoms with Crippen LogP contribution >= 0.6 is 27.7 Å². The Morgan fingerprint density at radius 2 is 1.70 bits per heavy atom. The average Bonchev–Trinajstić information content (AvgIpc) is 3.10. The highest BCUT2D eigenvalue weighted by atomic mass is 79.9. The first-order valence-corrected chi connectivity index (χ1v) is 12.4. The molecule has 0 aliphatic carbocycles. The first kappa shape index (κ1) is 23.3. The summed E-state index contributed by atoms with van der Waals surface area (Å²) in [4.78, 5) is 20.4. The second kappa shape index (κ2) is 10.4. The Labute approximate surface area is 207 Å². The first-order valence-electron chi connectivity index (χ1n) is 10.8. The Bertz CT molecular complexity index is 1210. The van der Waals surface area contributed by atoms with Crippen LogP contribution in [-0.4, -0.2) is 22.5 Å². The zero-order chi connectivity index (χ0) is 23.4. The third-order valence-corrected chi connectivity index (χ3v) is 6.90. The van der Waals surface area contributed by atoms with Crippen LogP contribution in [0, 0.1) is 13.8 Å². The maximum absolute atomic E-state index is 13.1. The molecule has 0 radical (unpaired) electrons. The lowest BCUT2D eigenvalue weighted by Gasteiger charge is -2.13. The number of thioether (sulfide) groups is 1. The summed E-state index contributed by atoms with van der Waals surface area (Å²) in [5, 5.41) is 0.708. The van der Waals surface area contributed by atoms with Crippen LogP contribution in [0.25, 0.3) is 6.08 Å². The molecule has 33 heavy (non-hydrogen) atoms. The van der Waals surface area contributed by atoms with Crippen molar-refractivity contribution in [1.82, 2.24) is 4.90 Å². The molecule has 6 heteroatoms. The number of hydrogen-bond donors (Lipinski definition) is 0. The standard InChI is InChI=1S/C27H25BrN2O2S/c1-4-30-26(31)24(33-27(30)29-25-18(2)8-7-9-19(25)3)16-21-10-5-6-11-23(21)32-17-20-12-14-22(28)15-13-20/h5-16H,4,17H2,1-3H3/b24-16+,29-27?. The number of halogens is 1. The van der Waals surface area contributed by atoms with Crippen LogP contribution in [-0.2, 0) is 11.4 Å². The Morgan fingerprint density at radius 1 is 1.00 bits per heavy atom. The van der Waals surface area contributed by atoms with Gasteiger partial charge in [0.05, 0.1) is 10.6 Å². The quantitative estimate of drug-likeness (QED) is 0.321. The number of carbonyl (C=O) groups is 1. The Morgan fingerprint density at radius 3 is 2.39 bits per heavy atom. The van der Waals surface area contributed by atoms with Crippen molar-refractivity contribution in [3.8, 4) is 5.75 Å². The maximum Gasteiger partial charge on any atom is 0.266 e. The number of aliphatic imine (C=N–C) groups is 1. The number of carbonyl (C=O) groups excluding carboxylic acids is 1. The van der Waals surface area contributed by atoms with Gasteiger partial charge in [0.15, 0.2) is 5.17 Å². The lowest BCUT2D eigenvalue weighted by Crippen LogP contribution is -2.28. The van der Waals surface area contributed by atoms with E-state index in [1.54, 1.807) is 4.90 Å². The van der Waals surface area contributed by atoms with Gasteiger partial charge in [-0.15, -0.1) is 0 Å². The molecule has 0 saturated carbocycles. The molecule has 4 nitrogen and oxygen atoms in total. The van der Waals surface area contributed by atoms with Gasteiger partial charge in [0.1, 0.15) is 12.4 Å². The van der Waals surface area contributed by atoms with E-state index in [0.717, 1.165) is 38.2 Å². The van der Waals surface area contributed by atoms with Gasteiger partial charge in [0.25, 0.3) is 5.91 Å². The first-order chi connectivity index (χ1) is 16.0. The molecule has 1 aliphatic rings. The molecule has 168 valence electrons. The van der Waals surface area contributed by atoms with Crippen LogP contribution in [0.4, 0.5) is 5.69 Å². The Hall–Kier alpha value is -2.83. The summed E-state index contributed by atoms with van der Waals surface area (Å²) >= 11 is 4.87. The lowest BCUT2D eigenvalue weighted by atomic mass is 10.1. The number of aryl methyl sites for hydroxylation is 2. The summed E-state index contributed by atoms with van der Waals surface area (Å²) in [7, 11) is 0. The van der Waals surface area contributed by atoms with Gasteiger partial charge in [-0.05, 0) is 73.5 Å². The van der Waals surface area contributed by atoms with Gasteiger partial charge in [-0.2, -0.15) is 0 Å². The smallest absolute Gasteiger partial charge is 0.266 e. The van der Waals surface area contributed by atoms with Crippen molar-refractivity contribution in [3.05, 3.63) is 98.4 Å². The molecular weight excluding hydrogens is 496 g/mol. The van der Waals surface area contributed by atoms with Gasteiger partial charge in [-0.1, -0.05) is 64.5 Å². The van der Waals surface area contributed by atoms with E-state index in [-0.39, 0.29) is 5.91 Å². The van der Waals surface area contributed by atoms with Crippen molar-refractivity contribution in [2.24, 2.45) is 4.99 Å². The second-order valence-electron chi connectivity index (χ2n) is 7.75. The van der Waals surface area contributed by atoms with Crippen molar-refractivity contribution in [2.45, 2.75) is 27.4 Å². The molecule has 0 atom stereocenters. The van der Waals surface area contributed by atoms with Crippen LogP contribution in [0.5, 0.6) is 5.75 Å². The molecule has 0 spiro atoms. The number of hydrogen-bond acceptors (Lipinski definition) is 4. The molecule has 0 bridgehead atoms. The normalized spacial score (nSPS) is 16.1. The van der Waals surface area contributed by atoms with Crippen LogP contribution in [0.15, 0.2) is 81.1 Å². The highest BCUT2D eigenvalue weighted by Gasteiger charge is 2.32. The highest BCUT2D eigenvalue weighted by Crippen LogP contribution is 2.36. The van der Waals surface area contributed by atoms with Crippen molar-refractivity contribution in [2.75, 3.05) is 6.54 Å². The fourth-order valence-electron chi connectivity index (χ4n) is 3.56. The minimum Gasteiger partial charge on any atom is -0.488 e. The molecule has 0 N–H and O–H groups in total. The summed E-state index contributed by atoms with van der Waals surface area (Å²) in [5.41, 5.74) is 5.05. The minimum atomic E-state index is -0.0322. The fourth-order valence-corrected chi connectivity index (χ4v) is 4.87. The predicted molar refractivity (Wildman–Crippen MR) is 141 cm³/mol. The van der Waals surface area contributed by atoms with E-state index in [1.165, 1.54) is 11.8 Å². The molecule has 0 aromatic heterocycles. The summed E-state index contributed by atoms with van der Waals surface area (Å²) < 4.78 is 7.13. The number of ether oxygens (including phenoxy) is 1. The molecule has 1 aliphatic heterocycles. The predicted octanol–water partition coefficient (Wildman–Crippen LogP) is 7.27. The number of rotatable bonds is 6. The Balaban J connectivity index is 1.61. The van der Waals surface area contributed by atoms with Crippen molar-refractivity contribution in [1.29, 1.82) is 0 Å². The number of benzene rings is 3. The summed E-state index contributed by atoms with van der Waals surface area (Å²) in [6, 6.07) is 21.9. The van der Waals surface area contributed by atoms with Gasteiger partial charge >= 0.3 is 0 Å². The second-order valence-corrected chi connectivity index (χ2v) is 9.67. The molecule has 1 heterocycles. The van der Waals surface area contributed by atoms with Crippen LogP contribution in [0.2, 0.25) is 0 Å². The largest absolute Gasteiger partial charge is 0.488 e. The van der Waals surface area contributed by atoms with E-state index in [9.17, 15) is 4.79 Å². The number of nitrogens with zero attached hydrogens (tertiary/aromatic N) is 2. The summed E-state index contributed by atoms with van der Waals surface area (Å²) in [6.45, 7) is 7.07. The number of amides is 1. The van der Waals surface area contributed by atoms with Crippen molar-refractivity contribution in [3.63, 3.8) is 0 Å². The lowest BCUT2D eigenvalue weighted by molar-refractivity contribution is -0.122. The van der Waals surface area contributed by atoms with Gasteiger partial charge < -0.3 is 4.74 Å². The van der Waals surface area contributed by atoms with Gasteiger partial charge in [0, 0.05) is 16.6 Å². The van der Waals surface area contributed by atoms with Crippen molar-refractivity contribution < 1.29 is 9.53 Å². The van der Waals surface area contributed by atoms with E-state index in [2.05, 4.69) is 15.9 Å². The van der Waals surface area contributed by atoms with Crippen LogP contribution in [0.3, 0.4) is 0 Å². The topological polar surface area (TPSA) is 41.9 Å². The Kier molecular flexibility index (Phi) is 7.36. The van der Waals surface area contributed by atoms with E-state index in [0.29, 0.717) is 23.2 Å². The molecular formula is C27H25BrN2O2S. The van der Waals surface area contributed by atoms with Crippen LogP contribution in [0.1, 0.15) is 29.2 Å². The zero-order valence-corrected chi connectivity index (χ0v) is 21.2. The number of amidine groups is 1. The fraction of sp³-hybridized carbons (Fsp3) is 0.185. The van der Waals surface area contributed by atoms with E-state index < -0.39 is 0 Å². The molecule has 1 amide bonds. The van der Waals surface area contributed by atoms with E-state index in [1.807, 2.05) is 93.6 Å². The molecule has 3 aromatic carbocycles. The maximum atomic E-state index is 13.1. The molecule has 0 unspecified atom stereocenters. The highest BCUT2D eigenvalue weighted by molar-refractivity contribution is 9.10. The average molecular weight is 521 g/mol. The molecule has 1 saturated heterocycles. The SMILES string of the molecule is CCN1C(=O)/C(=C\c2ccccc2OCc2ccc(Br)cc2)SC1=Nc1c(C)cccc1C. The minimum absolute atomic E-state index is 0.0322. The summed E-state index contributed by atoms with van der Waals surface area (Å²) in [6.07, 6.45) is 1.90. The monoisotopic (exact) mass is 520 g/mol. The third kappa shape index (κ3) is 5.40. The number of para-hydroxylation sites is 2. The van der Waals surface area contributed by atoms with Gasteiger partial charge in [-0.25, -0.2) is 4.99 Å². The molecule has 3 aromatic rings. The van der Waals surface area contributed by atoms with E-state index >= 15 is 0 Å². The van der Waals surface area contributed by atoms with Gasteiger partial charge in [0.2, 0.25) is 0 Å². The molecule has 4 rings (SSSR count). The van der Waals surface area contributed by atoms with E-state index in [4.69, 9.17) is 9.73 Å². The summed E-state index contributed by atoms with van der Waals surface area (Å²) in [5.74, 6) is 0.708. The molecule has 1 fully saturated rings.